The molecule has 2 rings (SSSR count). The van der Waals surface area contributed by atoms with Gasteiger partial charge in [0.05, 0.1) is 0 Å². The van der Waals surface area contributed by atoms with Gasteiger partial charge in [-0.25, -0.2) is 4.98 Å². The number of rotatable bonds is 5. The van der Waals surface area contributed by atoms with Crippen molar-refractivity contribution < 1.29 is 0 Å². The van der Waals surface area contributed by atoms with Crippen molar-refractivity contribution in [1.82, 2.24) is 14.9 Å². The Balaban J connectivity index is 1.71. The van der Waals surface area contributed by atoms with Gasteiger partial charge in [-0.3, -0.25) is 4.79 Å². The van der Waals surface area contributed by atoms with E-state index in [2.05, 4.69) is 15.6 Å². The molecule has 1 heterocycles. The highest BCUT2D eigenvalue weighted by atomic mass is 16.1. The van der Waals surface area contributed by atoms with Gasteiger partial charge in [-0.15, -0.1) is 0 Å². The van der Waals surface area contributed by atoms with Gasteiger partial charge in [0.25, 0.3) is 5.56 Å². The van der Waals surface area contributed by atoms with Gasteiger partial charge in [0.2, 0.25) is 0 Å². The van der Waals surface area contributed by atoms with Gasteiger partial charge in [0.1, 0.15) is 0 Å². The Morgan fingerprint density at radius 1 is 1.26 bits per heavy atom. The van der Waals surface area contributed by atoms with Crippen LogP contribution in [-0.4, -0.2) is 28.7 Å². The van der Waals surface area contributed by atoms with Crippen molar-refractivity contribution in [2.24, 2.45) is 7.05 Å². The van der Waals surface area contributed by atoms with Crippen molar-refractivity contribution in [3.8, 4) is 0 Å². The quantitative estimate of drug-likeness (QED) is 0.625. The summed E-state index contributed by atoms with van der Waals surface area (Å²) in [6, 6.07) is 0.649. The lowest BCUT2D eigenvalue weighted by atomic mass is 10.1. The average Bonchev–Trinajstić information content (AvgIpc) is 2.68. The van der Waals surface area contributed by atoms with Gasteiger partial charge in [-0.1, -0.05) is 25.7 Å². The van der Waals surface area contributed by atoms with E-state index < -0.39 is 0 Å². The Kier molecular flexibility index (Phi) is 5.39. The standard InChI is InChI=1S/C14H24N4O/c1-18-11-10-17-13(14(18)19)16-9-8-15-12-6-4-2-3-5-7-12/h10-12,15H,2-9H2,1H3,(H,16,17). The van der Waals surface area contributed by atoms with Gasteiger partial charge in [-0.2, -0.15) is 0 Å². The number of hydrogen-bond donors (Lipinski definition) is 2. The summed E-state index contributed by atoms with van der Waals surface area (Å²) in [6.07, 6.45) is 11.3. The Hall–Kier alpha value is -1.36. The second kappa shape index (κ2) is 7.28. The molecule has 0 spiro atoms. The number of aromatic nitrogens is 2. The summed E-state index contributed by atoms with van der Waals surface area (Å²) >= 11 is 0. The largest absolute Gasteiger partial charge is 0.364 e. The van der Waals surface area contributed by atoms with Crippen molar-refractivity contribution in [2.75, 3.05) is 18.4 Å². The Bertz CT molecular complexity index is 435. The van der Waals surface area contributed by atoms with Crippen LogP contribution in [0.2, 0.25) is 0 Å². The first-order chi connectivity index (χ1) is 9.27. The summed E-state index contributed by atoms with van der Waals surface area (Å²) in [4.78, 5) is 15.8. The lowest BCUT2D eigenvalue weighted by Crippen LogP contribution is -2.33. The summed E-state index contributed by atoms with van der Waals surface area (Å²) < 4.78 is 1.54. The Labute approximate surface area is 114 Å². The predicted molar refractivity (Wildman–Crippen MR) is 77.5 cm³/mol. The third-order valence-electron chi connectivity index (χ3n) is 3.72. The molecule has 5 nitrogen and oxygen atoms in total. The van der Waals surface area contributed by atoms with E-state index in [4.69, 9.17) is 0 Å². The van der Waals surface area contributed by atoms with Crippen LogP contribution in [0.25, 0.3) is 0 Å². The molecule has 19 heavy (non-hydrogen) atoms. The highest BCUT2D eigenvalue weighted by Crippen LogP contribution is 2.16. The fourth-order valence-electron chi connectivity index (χ4n) is 2.56. The van der Waals surface area contributed by atoms with Crippen LogP contribution in [0.1, 0.15) is 38.5 Å². The highest BCUT2D eigenvalue weighted by molar-refractivity contribution is 5.30. The lowest BCUT2D eigenvalue weighted by Gasteiger charge is -2.16. The van der Waals surface area contributed by atoms with Crippen molar-refractivity contribution in [3.05, 3.63) is 22.7 Å². The lowest BCUT2D eigenvalue weighted by molar-refractivity contribution is 0.468. The molecule has 0 amide bonds. The topological polar surface area (TPSA) is 59.0 Å². The van der Waals surface area contributed by atoms with Crippen molar-refractivity contribution in [3.63, 3.8) is 0 Å². The number of aryl methyl sites for hydroxylation is 1. The molecule has 0 unspecified atom stereocenters. The molecule has 1 aromatic rings. The second-order valence-corrected chi connectivity index (χ2v) is 5.26. The maximum atomic E-state index is 11.7. The first-order valence-electron chi connectivity index (χ1n) is 7.26. The van der Waals surface area contributed by atoms with E-state index >= 15 is 0 Å². The van der Waals surface area contributed by atoms with Gasteiger partial charge in [-0.05, 0) is 12.8 Å². The van der Waals surface area contributed by atoms with E-state index in [0.29, 0.717) is 11.9 Å². The van der Waals surface area contributed by atoms with Crippen molar-refractivity contribution in [2.45, 2.75) is 44.6 Å². The first-order valence-corrected chi connectivity index (χ1v) is 7.26. The summed E-state index contributed by atoms with van der Waals surface area (Å²) in [5.41, 5.74) is -0.0723. The van der Waals surface area contributed by atoms with Crippen LogP contribution in [0.5, 0.6) is 0 Å². The molecule has 1 aliphatic carbocycles. The molecule has 106 valence electrons. The minimum Gasteiger partial charge on any atom is -0.364 e. The molecular weight excluding hydrogens is 240 g/mol. The van der Waals surface area contributed by atoms with Gasteiger partial charge >= 0.3 is 0 Å². The number of nitrogens with one attached hydrogen (secondary N) is 2. The normalized spacial score (nSPS) is 17.1. The van der Waals surface area contributed by atoms with Crippen LogP contribution < -0.4 is 16.2 Å². The second-order valence-electron chi connectivity index (χ2n) is 5.26. The number of hydrogen-bond acceptors (Lipinski definition) is 4. The molecule has 0 aliphatic heterocycles. The van der Waals surface area contributed by atoms with Gasteiger partial charge < -0.3 is 15.2 Å². The van der Waals surface area contributed by atoms with Crippen LogP contribution in [-0.2, 0) is 7.05 Å². The summed E-state index contributed by atoms with van der Waals surface area (Å²) in [7, 11) is 1.74. The fourth-order valence-corrected chi connectivity index (χ4v) is 2.56. The maximum absolute atomic E-state index is 11.7. The van der Waals surface area contributed by atoms with E-state index in [1.54, 1.807) is 19.4 Å². The van der Waals surface area contributed by atoms with E-state index in [1.165, 1.54) is 43.1 Å². The summed E-state index contributed by atoms with van der Waals surface area (Å²) in [5.74, 6) is 0.438. The molecule has 1 aromatic heterocycles. The van der Waals surface area contributed by atoms with Crippen LogP contribution in [0.4, 0.5) is 5.82 Å². The van der Waals surface area contributed by atoms with Crippen LogP contribution in [0.3, 0.4) is 0 Å². The van der Waals surface area contributed by atoms with Crippen LogP contribution in [0.15, 0.2) is 17.2 Å². The Morgan fingerprint density at radius 2 is 2.00 bits per heavy atom. The average molecular weight is 264 g/mol. The van der Waals surface area contributed by atoms with E-state index in [-0.39, 0.29) is 5.56 Å². The monoisotopic (exact) mass is 264 g/mol. The summed E-state index contributed by atoms with van der Waals surface area (Å²) in [6.45, 7) is 1.62. The molecule has 1 aliphatic rings. The molecule has 5 heteroatoms. The first kappa shape index (κ1) is 14.1. The third-order valence-corrected chi connectivity index (χ3v) is 3.72. The highest BCUT2D eigenvalue weighted by Gasteiger charge is 2.10. The van der Waals surface area contributed by atoms with Gasteiger partial charge in [0.15, 0.2) is 5.82 Å². The molecule has 1 saturated carbocycles. The van der Waals surface area contributed by atoms with Gasteiger partial charge in [0, 0.05) is 38.6 Å². The van der Waals surface area contributed by atoms with E-state index in [9.17, 15) is 4.79 Å². The minimum absolute atomic E-state index is 0.0723. The zero-order valence-corrected chi connectivity index (χ0v) is 11.7. The summed E-state index contributed by atoms with van der Waals surface area (Å²) in [5, 5.41) is 6.67. The van der Waals surface area contributed by atoms with Crippen molar-refractivity contribution >= 4 is 5.82 Å². The zero-order valence-electron chi connectivity index (χ0n) is 11.7. The van der Waals surface area contributed by atoms with Crippen LogP contribution in [0, 0.1) is 0 Å². The smallest absolute Gasteiger partial charge is 0.293 e. The third kappa shape index (κ3) is 4.35. The van der Waals surface area contributed by atoms with E-state index in [1.807, 2.05) is 0 Å². The molecule has 0 saturated heterocycles. The molecule has 0 bridgehead atoms. The molecule has 0 atom stereocenters. The van der Waals surface area contributed by atoms with Crippen LogP contribution >= 0.6 is 0 Å². The van der Waals surface area contributed by atoms with E-state index in [0.717, 1.165) is 13.1 Å². The van der Waals surface area contributed by atoms with Crippen molar-refractivity contribution in [1.29, 1.82) is 0 Å². The molecule has 2 N–H and O–H groups in total. The zero-order chi connectivity index (χ0) is 13.5. The number of nitrogens with zero attached hydrogens (tertiary/aromatic N) is 2. The number of anilines is 1. The SMILES string of the molecule is Cn1ccnc(NCCNC2CCCCCC2)c1=O. The Morgan fingerprint density at radius 3 is 2.74 bits per heavy atom. The maximum Gasteiger partial charge on any atom is 0.293 e. The molecule has 0 radical (unpaired) electrons. The molecular formula is C14H24N4O. The fraction of sp³-hybridized carbons (Fsp3) is 0.714. The predicted octanol–water partition coefficient (Wildman–Crippen LogP) is 1.50. The molecule has 0 aromatic carbocycles. The molecule has 1 fully saturated rings. The minimum atomic E-state index is -0.0723.